The molecule has 0 radical (unpaired) electrons. The Balaban J connectivity index is 1.44. The number of para-hydroxylation sites is 1. The van der Waals surface area contributed by atoms with Crippen molar-refractivity contribution in [2.75, 3.05) is 16.9 Å². The minimum Gasteiger partial charge on any atom is -0.306 e. The van der Waals surface area contributed by atoms with Crippen LogP contribution in [0.5, 0.6) is 0 Å². The van der Waals surface area contributed by atoms with Crippen LogP contribution < -0.4 is 10.2 Å². The van der Waals surface area contributed by atoms with Crippen LogP contribution in [0.4, 0.5) is 10.1 Å². The maximum atomic E-state index is 14.6. The molecule has 3 amide bonds. The second-order valence-corrected chi connectivity index (χ2v) is 11.1. The Hall–Kier alpha value is -3.49. The van der Waals surface area contributed by atoms with Crippen molar-refractivity contribution < 1.29 is 18.8 Å². The van der Waals surface area contributed by atoms with Gasteiger partial charge in [0.05, 0.1) is 24.9 Å². The van der Waals surface area contributed by atoms with Crippen LogP contribution in [-0.2, 0) is 33.0 Å². The Bertz CT molecular complexity index is 1420. The number of nitrogens with zero attached hydrogens (tertiary/aromatic N) is 2. The van der Waals surface area contributed by atoms with E-state index in [0.29, 0.717) is 23.2 Å². The van der Waals surface area contributed by atoms with Crippen molar-refractivity contribution in [1.82, 2.24) is 10.2 Å². The highest BCUT2D eigenvalue weighted by molar-refractivity contribution is 7.98. The third kappa shape index (κ3) is 3.69. The number of hydrogen-bond acceptors (Lipinski definition) is 5. The average molecular weight is 530 g/mol. The minimum absolute atomic E-state index is 0.0364. The molecule has 3 heterocycles. The van der Waals surface area contributed by atoms with Crippen LogP contribution in [0, 0.1) is 17.7 Å². The van der Waals surface area contributed by atoms with E-state index in [1.807, 2.05) is 60.9 Å². The van der Waals surface area contributed by atoms with Crippen molar-refractivity contribution in [1.29, 1.82) is 0 Å². The van der Waals surface area contributed by atoms with Gasteiger partial charge in [0, 0.05) is 22.9 Å². The SMILES string of the molecule is CSCC[C@H]1N[C@]2(C(=O)N(Cc3ccccc3F)c3ccccc32)[C@@H]2C(=O)N(Cc3ccccc3)C(=O)[C@H]21. The van der Waals surface area contributed by atoms with E-state index in [1.54, 1.807) is 34.9 Å². The fourth-order valence-electron chi connectivity index (χ4n) is 6.38. The highest BCUT2D eigenvalue weighted by Crippen LogP contribution is 2.55. The smallest absolute Gasteiger partial charge is 0.253 e. The van der Waals surface area contributed by atoms with Gasteiger partial charge < -0.3 is 4.90 Å². The molecular formula is C30H28FN3O3S. The summed E-state index contributed by atoms with van der Waals surface area (Å²) in [5, 5.41) is 3.52. The Kier molecular flexibility index (Phi) is 6.32. The predicted molar refractivity (Wildman–Crippen MR) is 145 cm³/mol. The van der Waals surface area contributed by atoms with E-state index in [9.17, 15) is 18.8 Å². The molecule has 0 saturated carbocycles. The van der Waals surface area contributed by atoms with Gasteiger partial charge in [-0.2, -0.15) is 11.8 Å². The highest BCUT2D eigenvalue weighted by atomic mass is 32.2. The molecule has 4 atom stereocenters. The molecule has 3 aliphatic heterocycles. The summed E-state index contributed by atoms with van der Waals surface area (Å²) in [5.74, 6) is -2.02. The Morgan fingerprint density at radius 2 is 1.58 bits per heavy atom. The third-order valence-corrected chi connectivity index (χ3v) is 8.70. The number of anilines is 1. The Morgan fingerprint density at radius 3 is 2.34 bits per heavy atom. The van der Waals surface area contributed by atoms with E-state index in [1.165, 1.54) is 11.0 Å². The number of imide groups is 1. The maximum absolute atomic E-state index is 14.6. The van der Waals surface area contributed by atoms with E-state index < -0.39 is 23.2 Å². The second kappa shape index (κ2) is 9.67. The summed E-state index contributed by atoms with van der Waals surface area (Å²) in [6, 6.07) is 22.8. The van der Waals surface area contributed by atoms with Crippen LogP contribution in [0.15, 0.2) is 78.9 Å². The van der Waals surface area contributed by atoms with E-state index in [4.69, 9.17) is 0 Å². The van der Waals surface area contributed by atoms with Crippen LogP contribution in [0.1, 0.15) is 23.1 Å². The molecule has 194 valence electrons. The van der Waals surface area contributed by atoms with E-state index in [-0.39, 0.29) is 36.9 Å². The zero-order chi connectivity index (χ0) is 26.4. The molecule has 38 heavy (non-hydrogen) atoms. The summed E-state index contributed by atoms with van der Waals surface area (Å²) < 4.78 is 14.6. The summed E-state index contributed by atoms with van der Waals surface area (Å²) >= 11 is 1.66. The molecule has 2 fully saturated rings. The number of carbonyl (C=O) groups excluding carboxylic acids is 3. The average Bonchev–Trinajstić information content (AvgIpc) is 3.49. The largest absolute Gasteiger partial charge is 0.306 e. The quantitative estimate of drug-likeness (QED) is 0.467. The number of benzene rings is 3. The molecule has 3 aromatic carbocycles. The molecule has 6 rings (SSSR count). The lowest BCUT2D eigenvalue weighted by molar-refractivity contribution is -0.143. The molecular weight excluding hydrogens is 501 g/mol. The summed E-state index contributed by atoms with van der Waals surface area (Å²) in [6.45, 7) is 0.209. The van der Waals surface area contributed by atoms with Gasteiger partial charge in [-0.1, -0.05) is 66.7 Å². The monoisotopic (exact) mass is 529 g/mol. The van der Waals surface area contributed by atoms with Gasteiger partial charge in [-0.25, -0.2) is 4.39 Å². The van der Waals surface area contributed by atoms with Gasteiger partial charge in [-0.3, -0.25) is 24.6 Å². The third-order valence-electron chi connectivity index (χ3n) is 8.06. The maximum Gasteiger partial charge on any atom is 0.253 e. The van der Waals surface area contributed by atoms with Gasteiger partial charge >= 0.3 is 0 Å². The molecule has 3 aliphatic rings. The molecule has 8 heteroatoms. The van der Waals surface area contributed by atoms with Crippen LogP contribution in [0.2, 0.25) is 0 Å². The number of hydrogen-bond donors (Lipinski definition) is 1. The van der Waals surface area contributed by atoms with Gasteiger partial charge in [-0.15, -0.1) is 0 Å². The normalized spacial score (nSPS) is 25.9. The first-order valence-electron chi connectivity index (χ1n) is 12.8. The minimum atomic E-state index is -1.38. The van der Waals surface area contributed by atoms with Crippen LogP contribution >= 0.6 is 11.8 Å². The van der Waals surface area contributed by atoms with E-state index in [2.05, 4.69) is 5.32 Å². The lowest BCUT2D eigenvalue weighted by Crippen LogP contribution is -2.55. The number of fused-ring (bicyclic) bond motifs is 4. The van der Waals surface area contributed by atoms with Gasteiger partial charge in [0.25, 0.3) is 5.91 Å². The number of nitrogens with one attached hydrogen (secondary N) is 1. The zero-order valence-corrected chi connectivity index (χ0v) is 21.8. The van der Waals surface area contributed by atoms with Gasteiger partial charge in [0.1, 0.15) is 11.4 Å². The fourth-order valence-corrected chi connectivity index (χ4v) is 6.87. The van der Waals surface area contributed by atoms with Crippen molar-refractivity contribution in [2.45, 2.75) is 31.1 Å². The molecule has 6 nitrogen and oxygen atoms in total. The first-order valence-corrected chi connectivity index (χ1v) is 14.2. The number of thioether (sulfide) groups is 1. The van der Waals surface area contributed by atoms with Gasteiger partial charge in [-0.05, 0) is 36.1 Å². The molecule has 3 aromatic rings. The van der Waals surface area contributed by atoms with Crippen LogP contribution in [-0.4, -0.2) is 40.7 Å². The van der Waals surface area contributed by atoms with E-state index in [0.717, 1.165) is 11.3 Å². The summed E-state index contributed by atoms with van der Waals surface area (Å²) in [4.78, 5) is 45.2. The zero-order valence-electron chi connectivity index (χ0n) is 21.0. The van der Waals surface area contributed by atoms with Crippen molar-refractivity contribution in [2.24, 2.45) is 11.8 Å². The molecule has 0 aliphatic carbocycles. The first-order chi connectivity index (χ1) is 18.5. The fraction of sp³-hybridized carbons (Fsp3) is 0.300. The lowest BCUT2D eigenvalue weighted by atomic mass is 9.76. The number of rotatable bonds is 7. The van der Waals surface area contributed by atoms with E-state index >= 15 is 0 Å². The first kappa shape index (κ1) is 24.8. The highest BCUT2D eigenvalue weighted by Gasteiger charge is 2.71. The van der Waals surface area contributed by atoms with Crippen LogP contribution in [0.25, 0.3) is 0 Å². The van der Waals surface area contributed by atoms with Crippen molar-refractivity contribution >= 4 is 35.2 Å². The molecule has 0 bridgehead atoms. The lowest BCUT2D eigenvalue weighted by Gasteiger charge is -2.30. The number of likely N-dealkylation sites (tertiary alicyclic amines) is 1. The van der Waals surface area contributed by atoms with Gasteiger partial charge in [0.15, 0.2) is 0 Å². The number of halogens is 1. The molecule has 1 N–H and O–H groups in total. The molecule has 2 saturated heterocycles. The van der Waals surface area contributed by atoms with Crippen molar-refractivity contribution in [3.8, 4) is 0 Å². The number of carbonyl (C=O) groups is 3. The predicted octanol–water partition coefficient (Wildman–Crippen LogP) is 4.09. The van der Waals surface area contributed by atoms with Crippen molar-refractivity contribution in [3.63, 3.8) is 0 Å². The van der Waals surface area contributed by atoms with Gasteiger partial charge in [0.2, 0.25) is 11.8 Å². The second-order valence-electron chi connectivity index (χ2n) is 10.1. The van der Waals surface area contributed by atoms with Crippen molar-refractivity contribution in [3.05, 3.63) is 101 Å². The Labute approximate surface area is 225 Å². The summed E-state index contributed by atoms with van der Waals surface area (Å²) in [7, 11) is 0. The molecule has 1 spiro atoms. The number of amides is 3. The molecule has 0 aromatic heterocycles. The Morgan fingerprint density at radius 1 is 0.868 bits per heavy atom. The molecule has 0 unspecified atom stereocenters. The summed E-state index contributed by atoms with van der Waals surface area (Å²) in [6.07, 6.45) is 2.64. The standard InChI is InChI=1S/C30H28FN3O3S/c1-38-16-15-23-25-26(28(36)34(27(25)35)17-19-9-3-2-4-10-19)30(32-23)21-12-6-8-14-24(21)33(29(30)37)18-20-11-5-7-13-22(20)31/h2-14,23,25-26,32H,15-18H2,1H3/t23-,25+,26+,30+/m1/s1. The summed E-state index contributed by atoms with van der Waals surface area (Å²) in [5.41, 5.74) is 1.18. The van der Waals surface area contributed by atoms with Crippen LogP contribution in [0.3, 0.4) is 0 Å². The topological polar surface area (TPSA) is 69.7 Å².